The molecule has 0 saturated heterocycles. The summed E-state index contributed by atoms with van der Waals surface area (Å²) >= 11 is 0. The van der Waals surface area contributed by atoms with Crippen LogP contribution >= 0.6 is 0 Å². The van der Waals surface area contributed by atoms with Gasteiger partial charge in [0.25, 0.3) is 0 Å². The van der Waals surface area contributed by atoms with Crippen LogP contribution in [0, 0.1) is 5.41 Å². The van der Waals surface area contributed by atoms with E-state index in [1.54, 1.807) is 0 Å². The van der Waals surface area contributed by atoms with Gasteiger partial charge in [0.05, 0.1) is 22.2 Å². The summed E-state index contributed by atoms with van der Waals surface area (Å²) in [6, 6.07) is 111. The summed E-state index contributed by atoms with van der Waals surface area (Å²) < 4.78 is 0. The third-order valence-electron chi connectivity index (χ3n) is 17.8. The molecule has 1 aliphatic heterocycles. The van der Waals surface area contributed by atoms with Gasteiger partial charge in [-0.3, -0.25) is 5.41 Å². The van der Waals surface area contributed by atoms with Gasteiger partial charge in [0, 0.05) is 39.5 Å². The van der Waals surface area contributed by atoms with E-state index in [0.29, 0.717) is 5.71 Å². The van der Waals surface area contributed by atoms with Crippen LogP contribution in [-0.2, 0) is 10.8 Å². The molecule has 0 radical (unpaired) electrons. The van der Waals surface area contributed by atoms with Crippen molar-refractivity contribution in [2.24, 2.45) is 0 Å². The van der Waals surface area contributed by atoms with Crippen molar-refractivity contribution in [1.29, 1.82) is 5.41 Å². The molecule has 0 saturated carbocycles. The van der Waals surface area contributed by atoms with Gasteiger partial charge in [-0.15, -0.1) is 0 Å². The number of nitrogens with zero attached hydrogens (tertiary/aromatic N) is 1. The molecule has 16 rings (SSSR count). The van der Waals surface area contributed by atoms with Crippen molar-refractivity contribution in [2.45, 2.75) is 10.8 Å². The maximum absolute atomic E-state index is 10.2. The highest BCUT2D eigenvalue weighted by molar-refractivity contribution is 6.36. The SMILES string of the molecule is N=C(/C(=C1\NC(c2ccccc2)=Cc2ccc(N(c3ccc4c(c3)C(c3ccccc3)(c3ccccc3)c3ccccc3-4)c3ccc4c(c3)C3(c5ccccc5-c5ccccc53)c3ccccc3-4)cc21)c1ccccc1)c1ccccc1. The number of benzene rings is 12. The normalized spacial score (nSPS) is 14.7. The molecule has 12 aromatic carbocycles. The van der Waals surface area contributed by atoms with Crippen LogP contribution in [0.4, 0.5) is 17.1 Å². The molecule has 0 aromatic heterocycles. The van der Waals surface area contributed by atoms with Crippen molar-refractivity contribution in [2.75, 3.05) is 4.90 Å². The lowest BCUT2D eigenvalue weighted by Gasteiger charge is -2.35. The number of rotatable bonds is 9. The van der Waals surface area contributed by atoms with Gasteiger partial charge in [-0.05, 0) is 137 Å². The second kappa shape index (κ2) is 18.8. The van der Waals surface area contributed by atoms with Gasteiger partial charge < -0.3 is 10.2 Å². The van der Waals surface area contributed by atoms with Gasteiger partial charge >= 0.3 is 0 Å². The highest BCUT2D eigenvalue weighted by atomic mass is 15.1. The van der Waals surface area contributed by atoms with E-state index in [4.69, 9.17) is 0 Å². The molecular formula is C79H53N3. The minimum absolute atomic E-state index is 0.439. The highest BCUT2D eigenvalue weighted by Crippen LogP contribution is 2.64. The summed E-state index contributed by atoms with van der Waals surface area (Å²) in [5.41, 5.74) is 27.6. The molecule has 384 valence electrons. The molecule has 0 unspecified atom stereocenters. The fourth-order valence-corrected chi connectivity index (χ4v) is 14.4. The van der Waals surface area contributed by atoms with Gasteiger partial charge in [-0.1, -0.05) is 267 Å². The Bertz CT molecular complexity index is 4390. The first-order valence-electron chi connectivity index (χ1n) is 28.3. The van der Waals surface area contributed by atoms with Crippen LogP contribution in [0.5, 0.6) is 0 Å². The molecule has 0 fully saturated rings. The van der Waals surface area contributed by atoms with Crippen LogP contribution in [0.2, 0.25) is 0 Å². The summed E-state index contributed by atoms with van der Waals surface area (Å²) in [6.07, 6.45) is 2.27. The maximum atomic E-state index is 10.2. The molecule has 0 bridgehead atoms. The fourth-order valence-electron chi connectivity index (χ4n) is 14.4. The number of hydrogen-bond donors (Lipinski definition) is 2. The first-order valence-corrected chi connectivity index (χ1v) is 28.3. The molecule has 2 N–H and O–H groups in total. The lowest BCUT2D eigenvalue weighted by molar-refractivity contribution is 0.768. The van der Waals surface area contributed by atoms with Gasteiger partial charge in [0.2, 0.25) is 0 Å². The van der Waals surface area contributed by atoms with E-state index in [2.05, 4.69) is 283 Å². The first-order chi connectivity index (χ1) is 40.6. The second-order valence-corrected chi connectivity index (χ2v) is 21.9. The Hall–Kier alpha value is -10.6. The Morgan fingerprint density at radius 3 is 1.20 bits per heavy atom. The average Bonchev–Trinajstić information content (AvgIpc) is 2.20. The molecule has 3 aliphatic carbocycles. The number of fused-ring (bicyclic) bond motifs is 14. The molecule has 82 heavy (non-hydrogen) atoms. The molecule has 0 amide bonds. The number of allylic oxidation sites excluding steroid dienone is 1. The Labute approximate surface area is 478 Å². The van der Waals surface area contributed by atoms with Crippen LogP contribution < -0.4 is 10.2 Å². The molecule has 1 spiro atoms. The molecule has 3 heteroatoms. The standard InChI is InChI=1S/C79H53N3/c80-76(54-28-10-3-11-29-54)75(53-26-8-2-9-27-53)77-67-49-58(43-42-55(67)48-74(81-77)52-24-6-1-7-25-52)82(59-44-46-65-63-36-16-20-38-68(63)78(72(65)50-59,56-30-12-4-13-31-56)57-32-14-5-15-33-57)60-45-47-66-64-37-19-23-41-71(64)79(73(66)51-60)69-39-21-17-34-61(69)62-35-18-22-40-70(62)79/h1-51,80-81H/b77-75-,80-76?. The summed E-state index contributed by atoms with van der Waals surface area (Å²) in [7, 11) is 0. The Balaban J connectivity index is 0.991. The lowest BCUT2D eigenvalue weighted by atomic mass is 9.67. The summed E-state index contributed by atoms with van der Waals surface area (Å²) in [4.78, 5) is 2.49. The summed E-state index contributed by atoms with van der Waals surface area (Å²) in [6.45, 7) is 0. The molecule has 0 atom stereocenters. The van der Waals surface area contributed by atoms with Crippen molar-refractivity contribution in [1.82, 2.24) is 5.32 Å². The molecule has 4 aliphatic rings. The van der Waals surface area contributed by atoms with E-state index in [0.717, 1.165) is 61.8 Å². The highest BCUT2D eigenvalue weighted by Gasteiger charge is 2.52. The second-order valence-electron chi connectivity index (χ2n) is 21.9. The van der Waals surface area contributed by atoms with Crippen LogP contribution in [-0.4, -0.2) is 5.71 Å². The average molecular weight is 1040 g/mol. The smallest absolute Gasteiger partial charge is 0.0726 e. The van der Waals surface area contributed by atoms with Crippen LogP contribution in [0.3, 0.4) is 0 Å². The van der Waals surface area contributed by atoms with Crippen molar-refractivity contribution in [3.8, 4) is 33.4 Å². The predicted octanol–water partition coefficient (Wildman–Crippen LogP) is 18.9. The third-order valence-corrected chi connectivity index (χ3v) is 17.8. The van der Waals surface area contributed by atoms with Crippen molar-refractivity contribution >= 4 is 45.8 Å². The van der Waals surface area contributed by atoms with Gasteiger partial charge in [0.1, 0.15) is 0 Å². The van der Waals surface area contributed by atoms with E-state index < -0.39 is 10.8 Å². The topological polar surface area (TPSA) is 39.1 Å². The Morgan fingerprint density at radius 1 is 0.317 bits per heavy atom. The van der Waals surface area contributed by atoms with Crippen LogP contribution in [0.15, 0.2) is 303 Å². The first kappa shape index (κ1) is 47.4. The van der Waals surface area contributed by atoms with Gasteiger partial charge in [-0.2, -0.15) is 0 Å². The minimum atomic E-state index is -0.617. The zero-order chi connectivity index (χ0) is 54.4. The molecule has 1 heterocycles. The largest absolute Gasteiger partial charge is 0.354 e. The number of anilines is 3. The van der Waals surface area contributed by atoms with E-state index in [1.165, 1.54) is 77.9 Å². The van der Waals surface area contributed by atoms with Gasteiger partial charge in [0.15, 0.2) is 0 Å². The van der Waals surface area contributed by atoms with Crippen LogP contribution in [0.1, 0.15) is 72.3 Å². The third kappa shape index (κ3) is 6.93. The van der Waals surface area contributed by atoms with E-state index in [9.17, 15) is 5.41 Å². The summed E-state index contributed by atoms with van der Waals surface area (Å²) in [5, 5.41) is 14.2. The van der Waals surface area contributed by atoms with E-state index in [1.807, 2.05) is 36.4 Å². The van der Waals surface area contributed by atoms with Crippen molar-refractivity contribution < 1.29 is 0 Å². The molecule has 12 aromatic rings. The van der Waals surface area contributed by atoms with Crippen molar-refractivity contribution in [3.05, 3.63) is 376 Å². The lowest BCUT2D eigenvalue weighted by Crippen LogP contribution is -2.28. The Kier molecular flexibility index (Phi) is 10.8. The quantitative estimate of drug-likeness (QED) is 0.141. The number of hydrogen-bond acceptors (Lipinski definition) is 3. The van der Waals surface area contributed by atoms with E-state index in [-0.39, 0.29) is 0 Å². The summed E-state index contributed by atoms with van der Waals surface area (Å²) in [5.74, 6) is 0. The fraction of sp³-hybridized carbons (Fsp3) is 0.0253. The number of nitrogens with one attached hydrogen (secondary N) is 2. The maximum Gasteiger partial charge on any atom is 0.0726 e. The Morgan fingerprint density at radius 2 is 0.695 bits per heavy atom. The monoisotopic (exact) mass is 1040 g/mol. The predicted molar refractivity (Wildman–Crippen MR) is 339 cm³/mol. The van der Waals surface area contributed by atoms with Gasteiger partial charge in [-0.25, -0.2) is 0 Å². The van der Waals surface area contributed by atoms with Crippen LogP contribution in [0.25, 0.3) is 56.4 Å². The zero-order valence-corrected chi connectivity index (χ0v) is 44.9. The molecule has 3 nitrogen and oxygen atoms in total. The zero-order valence-electron chi connectivity index (χ0n) is 44.9. The van der Waals surface area contributed by atoms with Crippen molar-refractivity contribution in [3.63, 3.8) is 0 Å². The minimum Gasteiger partial charge on any atom is -0.354 e. The van der Waals surface area contributed by atoms with E-state index >= 15 is 0 Å². The molecular weight excluding hydrogens is 991 g/mol.